The second kappa shape index (κ2) is 18.2. The van der Waals surface area contributed by atoms with Crippen molar-refractivity contribution in [3.63, 3.8) is 0 Å². The fourth-order valence-electron chi connectivity index (χ4n) is 4.39. The Morgan fingerprint density at radius 1 is 1.23 bits per heavy atom. The number of likely N-dealkylation sites (tertiary alicyclic amines) is 1. The van der Waals surface area contributed by atoms with Gasteiger partial charge in [0.2, 0.25) is 5.91 Å². The molecule has 1 saturated heterocycles. The summed E-state index contributed by atoms with van der Waals surface area (Å²) >= 11 is 0. The van der Waals surface area contributed by atoms with Crippen molar-refractivity contribution < 1.29 is 9.59 Å². The number of nitrogens with zero attached hydrogens (tertiary/aromatic N) is 3. The number of hydrogen-bond donors (Lipinski definition) is 2. The predicted molar refractivity (Wildman–Crippen MR) is 169 cm³/mol. The number of rotatable bonds is 8. The maximum atomic E-state index is 12.4. The maximum absolute atomic E-state index is 12.4. The molecule has 0 radical (unpaired) electrons. The summed E-state index contributed by atoms with van der Waals surface area (Å²) in [7, 11) is 2.16. The van der Waals surface area contributed by atoms with Gasteiger partial charge in [-0.1, -0.05) is 52.1 Å². The van der Waals surface area contributed by atoms with Crippen LogP contribution in [-0.4, -0.2) is 53.7 Å². The zero-order chi connectivity index (χ0) is 28.6. The van der Waals surface area contributed by atoms with Gasteiger partial charge < -0.3 is 15.5 Å². The highest BCUT2D eigenvalue weighted by Crippen LogP contribution is 2.33. The molecule has 1 unspecified atom stereocenters. The van der Waals surface area contributed by atoms with Crippen molar-refractivity contribution in [3.05, 3.63) is 96.6 Å². The molecule has 2 heterocycles. The van der Waals surface area contributed by atoms with Crippen LogP contribution in [0.25, 0.3) is 16.5 Å². The van der Waals surface area contributed by atoms with Crippen LogP contribution in [0.4, 0.5) is 5.69 Å². The van der Waals surface area contributed by atoms with E-state index in [-0.39, 0.29) is 19.9 Å². The minimum absolute atomic E-state index is 0. The van der Waals surface area contributed by atoms with Gasteiger partial charge in [0.25, 0.3) is 0 Å². The lowest BCUT2D eigenvalue weighted by Crippen LogP contribution is -2.24. The van der Waals surface area contributed by atoms with Gasteiger partial charge in [-0.3, -0.25) is 9.59 Å². The predicted octanol–water partition coefficient (Wildman–Crippen LogP) is 6.54. The average Bonchev–Trinajstić information content (AvgIpc) is 3.39. The summed E-state index contributed by atoms with van der Waals surface area (Å²) in [5, 5.41) is 7.15. The van der Waals surface area contributed by atoms with Gasteiger partial charge in [-0.05, 0) is 92.4 Å². The van der Waals surface area contributed by atoms with Gasteiger partial charge in [-0.25, -0.2) is 9.97 Å². The molecule has 4 rings (SSSR count). The molecule has 1 aliphatic rings. The van der Waals surface area contributed by atoms with Gasteiger partial charge in [0, 0.05) is 30.0 Å². The highest BCUT2D eigenvalue weighted by molar-refractivity contribution is 5.93. The van der Waals surface area contributed by atoms with Crippen LogP contribution in [0.3, 0.4) is 0 Å². The number of amides is 1. The highest BCUT2D eigenvalue weighted by Gasteiger charge is 2.24. The molecule has 40 heavy (non-hydrogen) atoms. The van der Waals surface area contributed by atoms with Crippen LogP contribution in [-0.2, 0) is 9.59 Å². The van der Waals surface area contributed by atoms with E-state index in [1.54, 1.807) is 6.33 Å². The second-order valence-corrected chi connectivity index (χ2v) is 9.04. The smallest absolute Gasteiger partial charge is 0.243 e. The number of likely N-dealkylation sites (N-methyl/N-ethyl adjacent to an activating group) is 1. The molecule has 7 nitrogen and oxygen atoms in total. The first-order valence-corrected chi connectivity index (χ1v) is 13.4. The van der Waals surface area contributed by atoms with Crippen molar-refractivity contribution in [1.82, 2.24) is 20.2 Å². The van der Waals surface area contributed by atoms with Crippen LogP contribution in [0.5, 0.6) is 0 Å². The number of aromatic nitrogens is 2. The average molecular weight is 544 g/mol. The van der Waals surface area contributed by atoms with Crippen molar-refractivity contribution >= 4 is 34.4 Å². The largest absolute Gasteiger partial charge is 0.382 e. The Hall–Kier alpha value is -4.10. The van der Waals surface area contributed by atoms with Gasteiger partial charge in [-0.15, -0.1) is 0 Å². The molecule has 1 aliphatic heterocycles. The van der Waals surface area contributed by atoms with Crippen LogP contribution >= 0.6 is 0 Å². The van der Waals surface area contributed by atoms with Crippen molar-refractivity contribution in [2.75, 3.05) is 32.0 Å². The van der Waals surface area contributed by atoms with E-state index in [0.29, 0.717) is 12.2 Å². The number of benzene rings is 2. The third-order valence-electron chi connectivity index (χ3n) is 6.06. The first kappa shape index (κ1) is 33.9. The monoisotopic (exact) mass is 543 g/mol. The summed E-state index contributed by atoms with van der Waals surface area (Å²) in [5.41, 5.74) is 6.31. The fraction of sp³-hybridized carbons (Fsp3) is 0.333. The Balaban J connectivity index is 0.00000105. The molecular formula is C33H45N5O2. The zero-order valence-electron chi connectivity index (χ0n) is 23.8. The molecule has 1 amide bonds. The van der Waals surface area contributed by atoms with Gasteiger partial charge >= 0.3 is 0 Å². The standard InChI is InChI=1S/C27H31N5O.C3H4O.C2H6.CH4/c1-4-6-20(14-28-16-26(33)31-24-8-5-7-19(2)11-24)22-12-23-15-29-18-30-27(23)25(13-22)21-9-10-32(3)17-21;1-2-3-4;1-2;/h4-8,11-15,18,21,28H,9-10,16-17H2,1-3H3,(H,31,33);2-3H,1H2;1-2H3;1H4/b6-4-,20-14+;;;. The third-order valence-corrected chi connectivity index (χ3v) is 6.06. The lowest BCUT2D eigenvalue weighted by molar-refractivity contribution is -0.115. The Labute approximate surface area is 240 Å². The molecule has 0 aliphatic carbocycles. The number of hydrogen-bond acceptors (Lipinski definition) is 6. The number of carbonyl (C=O) groups is 2. The van der Waals surface area contributed by atoms with Crippen LogP contribution in [0.15, 0.2) is 79.9 Å². The molecule has 1 fully saturated rings. The normalized spacial score (nSPS) is 14.7. The topological polar surface area (TPSA) is 87.2 Å². The van der Waals surface area contributed by atoms with Gasteiger partial charge in [0.05, 0.1) is 12.1 Å². The van der Waals surface area contributed by atoms with Crippen molar-refractivity contribution in [3.8, 4) is 0 Å². The van der Waals surface area contributed by atoms with Crippen LogP contribution in [0.2, 0.25) is 0 Å². The van der Waals surface area contributed by atoms with Gasteiger partial charge in [0.15, 0.2) is 0 Å². The van der Waals surface area contributed by atoms with Gasteiger partial charge in [0.1, 0.15) is 12.6 Å². The molecule has 2 N–H and O–H groups in total. The van der Waals surface area contributed by atoms with E-state index in [0.717, 1.165) is 52.8 Å². The number of carbonyl (C=O) groups excluding carboxylic acids is 2. The maximum Gasteiger partial charge on any atom is 0.243 e. The molecular weight excluding hydrogens is 498 g/mol. The lowest BCUT2D eigenvalue weighted by atomic mass is 9.92. The number of nitrogens with one attached hydrogen (secondary N) is 2. The third kappa shape index (κ3) is 10.2. The molecule has 1 aromatic heterocycles. The number of aryl methyl sites for hydroxylation is 1. The lowest BCUT2D eigenvalue weighted by Gasteiger charge is -2.16. The Bertz CT molecular complexity index is 1290. The summed E-state index contributed by atoms with van der Waals surface area (Å²) in [6, 6.07) is 12.2. The molecule has 0 spiro atoms. The zero-order valence-corrected chi connectivity index (χ0v) is 23.8. The van der Waals surface area contributed by atoms with Crippen LogP contribution in [0.1, 0.15) is 57.2 Å². The molecule has 214 valence electrons. The summed E-state index contributed by atoms with van der Waals surface area (Å²) in [5.74, 6) is 0.366. The van der Waals surface area contributed by atoms with E-state index < -0.39 is 0 Å². The molecule has 7 heteroatoms. The van der Waals surface area contributed by atoms with Crippen LogP contribution in [0, 0.1) is 6.92 Å². The number of anilines is 1. The van der Waals surface area contributed by atoms with Crippen molar-refractivity contribution in [2.24, 2.45) is 0 Å². The summed E-state index contributed by atoms with van der Waals surface area (Å²) in [6.07, 6.45) is 12.4. The Kier molecular flexibility index (Phi) is 15.5. The van der Waals surface area contributed by atoms with E-state index in [9.17, 15) is 4.79 Å². The Morgan fingerprint density at radius 2 is 1.98 bits per heavy atom. The molecule has 1 atom stereocenters. The molecule has 3 aromatic rings. The minimum Gasteiger partial charge on any atom is -0.382 e. The minimum atomic E-state index is -0.0849. The number of fused-ring (bicyclic) bond motifs is 1. The van der Waals surface area contributed by atoms with Crippen molar-refractivity contribution in [1.29, 1.82) is 0 Å². The summed E-state index contributed by atoms with van der Waals surface area (Å²) in [6.45, 7) is 13.4. The second-order valence-electron chi connectivity index (χ2n) is 9.04. The number of allylic oxidation sites excluding steroid dienone is 4. The quantitative estimate of drug-likeness (QED) is 0.191. The van der Waals surface area contributed by atoms with E-state index in [4.69, 9.17) is 4.79 Å². The highest BCUT2D eigenvalue weighted by atomic mass is 16.1. The SMILES string of the molecule is C.C/C=C\C(=C/NCC(=O)Nc1cccc(C)c1)c1cc(C2CCN(C)C2)c2ncncc2c1.C=CC=O.CC. The van der Waals surface area contributed by atoms with E-state index in [2.05, 4.69) is 57.3 Å². The van der Waals surface area contributed by atoms with Gasteiger partial charge in [-0.2, -0.15) is 0 Å². The van der Waals surface area contributed by atoms with E-state index in [1.165, 1.54) is 11.6 Å². The molecule has 0 saturated carbocycles. The summed E-state index contributed by atoms with van der Waals surface area (Å²) < 4.78 is 0. The Morgan fingerprint density at radius 3 is 2.60 bits per heavy atom. The first-order chi connectivity index (χ1) is 18.9. The first-order valence-electron chi connectivity index (χ1n) is 13.4. The fourth-order valence-corrected chi connectivity index (χ4v) is 4.39. The number of aldehydes is 1. The van der Waals surface area contributed by atoms with Crippen molar-refractivity contribution in [2.45, 2.75) is 47.5 Å². The molecule has 2 aromatic carbocycles. The van der Waals surface area contributed by atoms with E-state index >= 15 is 0 Å². The van der Waals surface area contributed by atoms with Crippen LogP contribution < -0.4 is 10.6 Å². The van der Waals surface area contributed by atoms with E-state index in [1.807, 2.05) is 70.4 Å². The molecule has 0 bridgehead atoms. The summed E-state index contributed by atoms with van der Waals surface area (Å²) in [4.78, 5) is 32.6.